The summed E-state index contributed by atoms with van der Waals surface area (Å²) in [5.74, 6) is -0.682. The summed E-state index contributed by atoms with van der Waals surface area (Å²) in [6.07, 6.45) is 3.28. The molecular formula is C26H30N6O3. The number of benzene rings is 1. The van der Waals surface area contributed by atoms with Crippen molar-refractivity contribution in [3.8, 4) is 0 Å². The number of hydrogen-bond acceptors (Lipinski definition) is 5. The predicted octanol–water partition coefficient (Wildman–Crippen LogP) is 2.11. The Labute approximate surface area is 204 Å². The van der Waals surface area contributed by atoms with E-state index in [4.69, 9.17) is 0 Å². The van der Waals surface area contributed by atoms with Crippen molar-refractivity contribution in [1.82, 2.24) is 30.3 Å². The largest absolute Gasteiger partial charge is 0.356 e. The number of aryl methyl sites for hydroxylation is 2. The normalized spacial score (nSPS) is 13.2. The Hall–Kier alpha value is -4.01. The van der Waals surface area contributed by atoms with E-state index in [2.05, 4.69) is 20.7 Å². The molecule has 2 N–H and O–H groups in total. The number of nitrogens with zero attached hydrogens (tertiary/aromatic N) is 4. The second-order valence-electron chi connectivity index (χ2n) is 8.57. The van der Waals surface area contributed by atoms with Gasteiger partial charge >= 0.3 is 0 Å². The van der Waals surface area contributed by atoms with Crippen LogP contribution in [0.25, 0.3) is 0 Å². The average Bonchev–Trinajstić information content (AvgIpc) is 3.23. The Morgan fingerprint density at radius 1 is 1.03 bits per heavy atom. The topological polar surface area (TPSA) is 109 Å². The Morgan fingerprint density at radius 2 is 1.86 bits per heavy atom. The molecule has 1 aromatic carbocycles. The first-order chi connectivity index (χ1) is 17.0. The molecule has 4 rings (SSSR count). The van der Waals surface area contributed by atoms with Gasteiger partial charge in [0, 0.05) is 63.5 Å². The fourth-order valence-electron chi connectivity index (χ4n) is 4.03. The molecule has 0 saturated heterocycles. The quantitative estimate of drug-likeness (QED) is 0.494. The zero-order valence-electron chi connectivity index (χ0n) is 19.9. The first-order valence-corrected chi connectivity index (χ1v) is 11.9. The second-order valence-corrected chi connectivity index (χ2v) is 8.57. The molecule has 1 aliphatic heterocycles. The van der Waals surface area contributed by atoms with Gasteiger partial charge in [0.15, 0.2) is 5.69 Å². The highest BCUT2D eigenvalue weighted by molar-refractivity contribution is 5.98. The van der Waals surface area contributed by atoms with Crippen molar-refractivity contribution >= 4 is 17.7 Å². The van der Waals surface area contributed by atoms with E-state index in [1.807, 2.05) is 49.4 Å². The van der Waals surface area contributed by atoms with Crippen LogP contribution in [0.2, 0.25) is 0 Å². The molecule has 0 atom stereocenters. The van der Waals surface area contributed by atoms with Gasteiger partial charge in [0.25, 0.3) is 11.8 Å². The molecule has 0 aliphatic carbocycles. The zero-order chi connectivity index (χ0) is 24.6. The summed E-state index contributed by atoms with van der Waals surface area (Å²) in [4.78, 5) is 43.8. The molecule has 35 heavy (non-hydrogen) atoms. The molecule has 2 aromatic heterocycles. The highest BCUT2D eigenvalue weighted by Gasteiger charge is 2.26. The van der Waals surface area contributed by atoms with Crippen molar-refractivity contribution in [2.75, 3.05) is 19.6 Å². The number of pyridine rings is 1. The van der Waals surface area contributed by atoms with Crippen molar-refractivity contribution in [1.29, 1.82) is 0 Å². The molecule has 0 fully saturated rings. The average molecular weight is 475 g/mol. The maximum Gasteiger partial charge on any atom is 0.272 e. The third-order valence-corrected chi connectivity index (χ3v) is 6.01. The minimum Gasteiger partial charge on any atom is -0.356 e. The number of nitrogens with one attached hydrogen (secondary N) is 2. The van der Waals surface area contributed by atoms with Crippen LogP contribution in [0.1, 0.15) is 50.6 Å². The van der Waals surface area contributed by atoms with Crippen LogP contribution in [-0.2, 0) is 24.3 Å². The van der Waals surface area contributed by atoms with Gasteiger partial charge in [-0.2, -0.15) is 5.10 Å². The molecular weight excluding hydrogens is 444 g/mol. The number of amides is 3. The lowest BCUT2D eigenvalue weighted by Gasteiger charge is -2.21. The fourth-order valence-corrected chi connectivity index (χ4v) is 4.03. The first-order valence-electron chi connectivity index (χ1n) is 11.9. The van der Waals surface area contributed by atoms with Crippen LogP contribution >= 0.6 is 0 Å². The zero-order valence-corrected chi connectivity index (χ0v) is 19.9. The van der Waals surface area contributed by atoms with Gasteiger partial charge in [0.05, 0.1) is 0 Å². The SMILES string of the molecule is Cc1ccccc1CN1CCCn2nc(C(=O)NCCC(=O)NCCc3ccccn3)cc2C1=O. The van der Waals surface area contributed by atoms with E-state index >= 15 is 0 Å². The van der Waals surface area contributed by atoms with Crippen LogP contribution < -0.4 is 10.6 Å². The van der Waals surface area contributed by atoms with E-state index in [-0.39, 0.29) is 30.5 Å². The van der Waals surface area contributed by atoms with Crippen LogP contribution in [0, 0.1) is 6.92 Å². The number of hydrogen-bond donors (Lipinski definition) is 2. The second kappa shape index (κ2) is 11.4. The van der Waals surface area contributed by atoms with Crippen molar-refractivity contribution in [2.45, 2.75) is 39.3 Å². The number of carbonyl (C=O) groups is 3. The van der Waals surface area contributed by atoms with E-state index in [0.717, 1.165) is 23.2 Å². The van der Waals surface area contributed by atoms with E-state index in [1.54, 1.807) is 21.8 Å². The molecule has 3 amide bonds. The van der Waals surface area contributed by atoms with Crippen LogP contribution in [-0.4, -0.2) is 57.0 Å². The van der Waals surface area contributed by atoms with Crippen LogP contribution in [0.3, 0.4) is 0 Å². The lowest BCUT2D eigenvalue weighted by Crippen LogP contribution is -2.32. The molecule has 182 valence electrons. The molecule has 3 aromatic rings. The molecule has 0 saturated carbocycles. The van der Waals surface area contributed by atoms with E-state index in [0.29, 0.717) is 38.3 Å². The third-order valence-electron chi connectivity index (χ3n) is 6.01. The van der Waals surface area contributed by atoms with Gasteiger partial charge in [-0.15, -0.1) is 0 Å². The van der Waals surface area contributed by atoms with Crippen molar-refractivity contribution in [3.05, 3.63) is 82.9 Å². The number of rotatable bonds is 9. The smallest absolute Gasteiger partial charge is 0.272 e. The summed E-state index contributed by atoms with van der Waals surface area (Å²) < 4.78 is 1.61. The molecule has 1 aliphatic rings. The van der Waals surface area contributed by atoms with Gasteiger partial charge in [-0.1, -0.05) is 30.3 Å². The monoisotopic (exact) mass is 474 g/mol. The molecule has 0 radical (unpaired) electrons. The summed E-state index contributed by atoms with van der Waals surface area (Å²) in [6, 6.07) is 15.2. The Bertz CT molecular complexity index is 1190. The molecule has 3 heterocycles. The van der Waals surface area contributed by atoms with Gasteiger partial charge in [0.1, 0.15) is 5.69 Å². The predicted molar refractivity (Wildman–Crippen MR) is 131 cm³/mol. The Balaban J connectivity index is 1.27. The molecule has 0 bridgehead atoms. The van der Waals surface area contributed by atoms with Crippen molar-refractivity contribution in [2.24, 2.45) is 0 Å². The van der Waals surface area contributed by atoms with Gasteiger partial charge < -0.3 is 15.5 Å². The van der Waals surface area contributed by atoms with Crippen LogP contribution in [0.15, 0.2) is 54.7 Å². The number of fused-ring (bicyclic) bond motifs is 1. The highest BCUT2D eigenvalue weighted by atomic mass is 16.2. The fraction of sp³-hybridized carbons (Fsp3) is 0.346. The number of carbonyl (C=O) groups excluding carboxylic acids is 3. The Morgan fingerprint density at radius 3 is 2.66 bits per heavy atom. The maximum absolute atomic E-state index is 13.2. The standard InChI is InChI=1S/C26H30N6O3/c1-19-7-2-3-8-20(19)18-31-15-6-16-32-23(26(31)35)17-22(30-32)25(34)29-14-11-24(33)28-13-10-21-9-4-5-12-27-21/h2-5,7-9,12,17H,6,10-11,13-16,18H2,1H3,(H,28,33)(H,29,34). The minimum atomic E-state index is -0.398. The summed E-state index contributed by atoms with van der Waals surface area (Å²) in [6.45, 7) is 4.42. The van der Waals surface area contributed by atoms with Gasteiger partial charge in [0.2, 0.25) is 5.91 Å². The molecule has 9 nitrogen and oxygen atoms in total. The van der Waals surface area contributed by atoms with Crippen LogP contribution in [0.4, 0.5) is 0 Å². The van der Waals surface area contributed by atoms with Crippen molar-refractivity contribution < 1.29 is 14.4 Å². The molecule has 9 heteroatoms. The minimum absolute atomic E-state index is 0.135. The lowest BCUT2D eigenvalue weighted by atomic mass is 10.1. The summed E-state index contributed by atoms with van der Waals surface area (Å²) >= 11 is 0. The van der Waals surface area contributed by atoms with Gasteiger partial charge in [-0.3, -0.25) is 24.0 Å². The van der Waals surface area contributed by atoms with E-state index in [1.165, 1.54) is 0 Å². The van der Waals surface area contributed by atoms with E-state index < -0.39 is 5.91 Å². The maximum atomic E-state index is 13.2. The van der Waals surface area contributed by atoms with Crippen molar-refractivity contribution in [3.63, 3.8) is 0 Å². The van der Waals surface area contributed by atoms with Gasteiger partial charge in [-0.05, 0) is 36.6 Å². The van der Waals surface area contributed by atoms with Crippen LogP contribution in [0.5, 0.6) is 0 Å². The van der Waals surface area contributed by atoms with E-state index in [9.17, 15) is 14.4 Å². The Kier molecular flexibility index (Phi) is 7.87. The lowest BCUT2D eigenvalue weighted by molar-refractivity contribution is -0.120. The van der Waals surface area contributed by atoms with Gasteiger partial charge in [-0.25, -0.2) is 0 Å². The summed E-state index contributed by atoms with van der Waals surface area (Å²) in [5, 5.41) is 9.90. The highest BCUT2D eigenvalue weighted by Crippen LogP contribution is 2.18. The molecule has 0 spiro atoms. The summed E-state index contributed by atoms with van der Waals surface area (Å²) in [7, 11) is 0. The first kappa shape index (κ1) is 24.1. The third kappa shape index (κ3) is 6.32. The summed E-state index contributed by atoms with van der Waals surface area (Å²) in [5.41, 5.74) is 3.74. The molecule has 0 unspecified atom stereocenters. The number of aromatic nitrogens is 3.